The molecule has 4 atom stereocenters. The Bertz CT molecular complexity index is 376. The van der Waals surface area contributed by atoms with Gasteiger partial charge in [-0.25, -0.2) is 9.59 Å². The van der Waals surface area contributed by atoms with Crippen LogP contribution in [0, 0.1) is 0 Å². The lowest BCUT2D eigenvalue weighted by atomic mass is 10.0. The van der Waals surface area contributed by atoms with Gasteiger partial charge in [-0.05, 0) is 6.92 Å². The summed E-state index contributed by atoms with van der Waals surface area (Å²) in [4.78, 5) is 23.7. The predicted molar refractivity (Wildman–Crippen MR) is 71.0 cm³/mol. The van der Waals surface area contributed by atoms with Gasteiger partial charge in [0, 0.05) is 16.8 Å². The first kappa shape index (κ1) is 15.0. The average Bonchev–Trinajstić information content (AvgIpc) is 2.55. The highest BCUT2D eigenvalue weighted by atomic mass is 32.2. The Labute approximate surface area is 119 Å². The van der Waals surface area contributed by atoms with Crippen LogP contribution in [0.3, 0.4) is 0 Å². The van der Waals surface area contributed by atoms with Crippen molar-refractivity contribution in [1.29, 1.82) is 0 Å². The third kappa shape index (κ3) is 2.58. The van der Waals surface area contributed by atoms with Gasteiger partial charge < -0.3 is 19.7 Å². The Morgan fingerprint density at radius 3 is 2.95 bits per heavy atom. The maximum absolute atomic E-state index is 12.1. The first-order chi connectivity index (χ1) is 9.05. The fraction of sp³-hybridized carbons (Fsp3) is 0.818. The minimum atomic E-state index is -1.44. The number of esters is 2. The molecule has 0 aromatic carbocycles. The van der Waals surface area contributed by atoms with Crippen LogP contribution < -0.4 is 0 Å². The number of rotatable bonds is 3. The van der Waals surface area contributed by atoms with Gasteiger partial charge in [-0.2, -0.15) is 11.8 Å². The van der Waals surface area contributed by atoms with Crippen LogP contribution in [0.4, 0.5) is 0 Å². The first-order valence-electron chi connectivity index (χ1n) is 5.97. The van der Waals surface area contributed by atoms with Gasteiger partial charge in [-0.1, -0.05) is 0 Å². The number of fused-ring (bicyclic) bond motifs is 1. The summed E-state index contributed by atoms with van der Waals surface area (Å²) in [6.07, 6.45) is -1.33. The zero-order valence-electron chi connectivity index (χ0n) is 10.4. The van der Waals surface area contributed by atoms with Crippen LogP contribution in [-0.2, 0) is 19.1 Å². The Morgan fingerprint density at radius 2 is 2.32 bits per heavy atom. The summed E-state index contributed by atoms with van der Waals surface area (Å²) in [5.41, 5.74) is -1.44. The number of hydrogen-bond acceptors (Lipinski definition) is 8. The van der Waals surface area contributed by atoms with E-state index in [1.54, 1.807) is 6.92 Å². The van der Waals surface area contributed by atoms with Crippen molar-refractivity contribution in [1.82, 2.24) is 0 Å². The number of ether oxygens (including phenoxy) is 2. The number of thioether (sulfide) groups is 2. The lowest BCUT2D eigenvalue weighted by molar-refractivity contribution is -0.171. The SMILES string of the molecule is CCOC(=O)C12CSC(CO)CSC1C(O)C(=O)O2. The lowest BCUT2D eigenvalue weighted by Crippen LogP contribution is -2.51. The molecule has 2 saturated heterocycles. The molecule has 0 amide bonds. The zero-order valence-corrected chi connectivity index (χ0v) is 12.0. The van der Waals surface area contributed by atoms with Crippen molar-refractivity contribution in [2.24, 2.45) is 0 Å². The molecular formula is C11H16O6S2. The summed E-state index contributed by atoms with van der Waals surface area (Å²) in [7, 11) is 0. The van der Waals surface area contributed by atoms with Crippen LogP contribution in [0.15, 0.2) is 0 Å². The molecule has 2 rings (SSSR count). The second-order valence-corrected chi connectivity index (χ2v) is 6.81. The van der Waals surface area contributed by atoms with E-state index in [0.717, 1.165) is 0 Å². The van der Waals surface area contributed by atoms with E-state index in [9.17, 15) is 19.8 Å². The molecule has 19 heavy (non-hydrogen) atoms. The highest BCUT2D eigenvalue weighted by Gasteiger charge is 2.62. The van der Waals surface area contributed by atoms with Crippen molar-refractivity contribution >= 4 is 35.5 Å². The van der Waals surface area contributed by atoms with Gasteiger partial charge in [-0.3, -0.25) is 0 Å². The standard InChI is InChI=1S/C11H16O6S2/c1-2-16-10(15)11-5-19-6(3-12)4-18-8(11)7(13)9(14)17-11/h6-8,12-13H,2-5H2,1H3. The van der Waals surface area contributed by atoms with Gasteiger partial charge in [-0.15, -0.1) is 11.8 Å². The molecule has 0 aliphatic carbocycles. The Hall–Kier alpha value is -0.440. The molecule has 0 saturated carbocycles. The maximum Gasteiger partial charge on any atom is 0.352 e. The van der Waals surface area contributed by atoms with E-state index in [1.165, 1.54) is 23.5 Å². The van der Waals surface area contributed by atoms with Gasteiger partial charge >= 0.3 is 11.9 Å². The van der Waals surface area contributed by atoms with Crippen LogP contribution in [0.5, 0.6) is 0 Å². The van der Waals surface area contributed by atoms with E-state index in [2.05, 4.69) is 0 Å². The molecule has 108 valence electrons. The van der Waals surface area contributed by atoms with E-state index >= 15 is 0 Å². The minimum absolute atomic E-state index is 0.0205. The molecule has 2 fully saturated rings. The van der Waals surface area contributed by atoms with Crippen LogP contribution in [0.2, 0.25) is 0 Å². The topological polar surface area (TPSA) is 93.1 Å². The summed E-state index contributed by atoms with van der Waals surface area (Å²) in [6.45, 7) is 1.83. The summed E-state index contributed by atoms with van der Waals surface area (Å²) in [5, 5.41) is 18.4. The van der Waals surface area contributed by atoms with Crippen LogP contribution in [0.25, 0.3) is 0 Å². The molecule has 0 aromatic rings. The van der Waals surface area contributed by atoms with Crippen LogP contribution in [0.1, 0.15) is 6.92 Å². The van der Waals surface area contributed by atoms with E-state index in [4.69, 9.17) is 9.47 Å². The van der Waals surface area contributed by atoms with Crippen molar-refractivity contribution in [3.8, 4) is 0 Å². The monoisotopic (exact) mass is 308 g/mol. The van der Waals surface area contributed by atoms with Gasteiger partial charge in [0.25, 0.3) is 0 Å². The predicted octanol–water partition coefficient (Wildman–Crippen LogP) is -0.585. The second-order valence-electron chi connectivity index (χ2n) is 4.35. The molecule has 6 nitrogen and oxygen atoms in total. The summed E-state index contributed by atoms with van der Waals surface area (Å²) >= 11 is 2.63. The number of carbonyl (C=O) groups is 2. The Morgan fingerprint density at radius 1 is 1.58 bits per heavy atom. The average molecular weight is 308 g/mol. The molecule has 8 heteroatoms. The molecule has 0 spiro atoms. The van der Waals surface area contributed by atoms with Gasteiger partial charge in [0.2, 0.25) is 5.60 Å². The van der Waals surface area contributed by atoms with Crippen molar-refractivity contribution < 1.29 is 29.3 Å². The van der Waals surface area contributed by atoms with Crippen LogP contribution >= 0.6 is 23.5 Å². The minimum Gasteiger partial charge on any atom is -0.463 e. The largest absolute Gasteiger partial charge is 0.463 e. The molecular weight excluding hydrogens is 292 g/mol. The number of aliphatic hydroxyl groups is 2. The van der Waals surface area contributed by atoms with E-state index in [-0.39, 0.29) is 24.2 Å². The van der Waals surface area contributed by atoms with Gasteiger partial charge in [0.15, 0.2) is 6.10 Å². The van der Waals surface area contributed by atoms with Crippen molar-refractivity contribution in [3.63, 3.8) is 0 Å². The first-order valence-corrected chi connectivity index (χ1v) is 8.07. The number of carbonyl (C=O) groups excluding carboxylic acids is 2. The fourth-order valence-electron chi connectivity index (χ4n) is 2.09. The molecule has 0 bridgehead atoms. The van der Waals surface area contributed by atoms with Gasteiger partial charge in [0.1, 0.15) is 0 Å². The summed E-state index contributed by atoms with van der Waals surface area (Å²) in [5.74, 6) is -0.671. The van der Waals surface area contributed by atoms with Crippen molar-refractivity contribution in [2.75, 3.05) is 24.7 Å². The highest BCUT2D eigenvalue weighted by Crippen LogP contribution is 2.44. The van der Waals surface area contributed by atoms with E-state index in [0.29, 0.717) is 5.75 Å². The van der Waals surface area contributed by atoms with Crippen molar-refractivity contribution in [2.45, 2.75) is 29.1 Å². The molecule has 2 aliphatic heterocycles. The number of hydrogen-bond donors (Lipinski definition) is 2. The quantitative estimate of drug-likeness (QED) is 0.669. The van der Waals surface area contributed by atoms with Gasteiger partial charge in [0.05, 0.1) is 18.5 Å². The second kappa shape index (κ2) is 5.90. The molecule has 2 heterocycles. The normalized spacial score (nSPS) is 38.3. The molecule has 0 radical (unpaired) electrons. The number of aliphatic hydroxyl groups excluding tert-OH is 2. The summed E-state index contributed by atoms with van der Waals surface area (Å²) < 4.78 is 10.2. The lowest BCUT2D eigenvalue weighted by Gasteiger charge is -2.28. The van der Waals surface area contributed by atoms with E-state index in [1.807, 2.05) is 0 Å². The van der Waals surface area contributed by atoms with E-state index < -0.39 is 28.9 Å². The Kier molecular flexibility index (Phi) is 4.65. The zero-order chi connectivity index (χ0) is 14.0. The third-order valence-electron chi connectivity index (χ3n) is 3.09. The highest BCUT2D eigenvalue weighted by molar-refractivity contribution is 8.04. The smallest absolute Gasteiger partial charge is 0.352 e. The third-order valence-corrected chi connectivity index (χ3v) is 6.28. The molecule has 2 N–H and O–H groups in total. The summed E-state index contributed by atoms with van der Waals surface area (Å²) in [6, 6.07) is 0. The molecule has 0 aromatic heterocycles. The maximum atomic E-state index is 12.1. The molecule has 4 unspecified atom stereocenters. The Balaban J connectivity index is 2.28. The fourth-order valence-corrected chi connectivity index (χ4v) is 5.08. The molecule has 2 aliphatic rings. The van der Waals surface area contributed by atoms with Crippen molar-refractivity contribution in [3.05, 3.63) is 0 Å². The van der Waals surface area contributed by atoms with Crippen LogP contribution in [-0.4, -0.2) is 69.1 Å².